The molecule has 3 aromatic rings. The summed E-state index contributed by atoms with van der Waals surface area (Å²) in [5.41, 5.74) is 2.46. The molecule has 0 N–H and O–H groups in total. The summed E-state index contributed by atoms with van der Waals surface area (Å²) in [4.78, 5) is 17.6. The van der Waals surface area contributed by atoms with Gasteiger partial charge in [-0.1, -0.05) is 0 Å². The summed E-state index contributed by atoms with van der Waals surface area (Å²) in [6.45, 7) is 4.50. The van der Waals surface area contributed by atoms with Crippen LogP contribution in [0.2, 0.25) is 0 Å². The van der Waals surface area contributed by atoms with Crippen LogP contribution in [0.25, 0.3) is 11.2 Å². The van der Waals surface area contributed by atoms with Crippen LogP contribution < -0.4 is 9.64 Å². The van der Waals surface area contributed by atoms with Gasteiger partial charge in [-0.15, -0.1) is 0 Å². The lowest BCUT2D eigenvalue weighted by Gasteiger charge is -2.35. The van der Waals surface area contributed by atoms with Crippen LogP contribution in [0.3, 0.4) is 0 Å². The Hall–Kier alpha value is -2.88. The van der Waals surface area contributed by atoms with E-state index in [1.165, 1.54) is 12.7 Å². The third kappa shape index (κ3) is 3.69. The Labute approximate surface area is 177 Å². The summed E-state index contributed by atoms with van der Waals surface area (Å²) in [7, 11) is 1.37. The first kappa shape index (κ1) is 20.0. The van der Waals surface area contributed by atoms with Gasteiger partial charge in [0.1, 0.15) is 5.82 Å². The zero-order valence-corrected chi connectivity index (χ0v) is 17.2. The minimum absolute atomic E-state index is 0.144. The number of anilines is 1. The summed E-state index contributed by atoms with van der Waals surface area (Å²) >= 11 is 0. The molecular weight excluding hydrogens is 408 g/mol. The molecule has 0 aromatic carbocycles. The van der Waals surface area contributed by atoms with Crippen LogP contribution in [0.1, 0.15) is 23.4 Å². The van der Waals surface area contributed by atoms with Crippen molar-refractivity contribution in [2.45, 2.75) is 32.1 Å². The van der Waals surface area contributed by atoms with E-state index in [0.29, 0.717) is 18.9 Å². The maximum absolute atomic E-state index is 13.0. The summed E-state index contributed by atoms with van der Waals surface area (Å²) in [6.07, 6.45) is 0.413. The summed E-state index contributed by atoms with van der Waals surface area (Å²) in [6, 6.07) is 3.09. The molecule has 1 fully saturated rings. The van der Waals surface area contributed by atoms with Gasteiger partial charge in [-0.05, 0) is 30.5 Å². The van der Waals surface area contributed by atoms with Crippen molar-refractivity contribution >= 4 is 17.0 Å². The number of ether oxygens (including phenoxy) is 1. The highest BCUT2D eigenvalue weighted by Gasteiger charge is 2.33. The molecule has 2 aliphatic heterocycles. The molecule has 0 spiro atoms. The van der Waals surface area contributed by atoms with E-state index in [9.17, 15) is 13.2 Å². The summed E-state index contributed by atoms with van der Waals surface area (Å²) in [5.74, 6) is 1.62. The second-order valence-electron chi connectivity index (χ2n) is 7.94. The Bertz CT molecular complexity index is 1100. The first-order valence-electron chi connectivity index (χ1n) is 10.4. The second kappa shape index (κ2) is 7.67. The lowest BCUT2D eigenvalue weighted by molar-refractivity contribution is -0.137. The minimum Gasteiger partial charge on any atom is -0.493 e. The number of imidazole rings is 1. The third-order valence-electron chi connectivity index (χ3n) is 6.05. The van der Waals surface area contributed by atoms with E-state index < -0.39 is 11.7 Å². The maximum atomic E-state index is 13.0. The number of hydrogen-bond acceptors (Lipinski definition) is 6. The van der Waals surface area contributed by atoms with Crippen LogP contribution in [0, 0.1) is 0 Å². The highest BCUT2D eigenvalue weighted by atomic mass is 19.4. The van der Waals surface area contributed by atoms with Crippen LogP contribution in [-0.2, 0) is 25.7 Å². The molecule has 5 heterocycles. The van der Waals surface area contributed by atoms with Gasteiger partial charge >= 0.3 is 6.18 Å². The lowest BCUT2D eigenvalue weighted by atomic mass is 10.1. The molecule has 1 saturated heterocycles. The average Bonchev–Trinajstić information content (AvgIpc) is 3.12. The van der Waals surface area contributed by atoms with Gasteiger partial charge < -0.3 is 14.2 Å². The Morgan fingerprint density at radius 3 is 2.65 bits per heavy atom. The SMILES string of the molecule is [11CH3]Oc1cc(C(F)(F)F)cnc1N1CCN(Cc2nc3nccc4c3n2CCC4)CC1. The highest BCUT2D eigenvalue weighted by Crippen LogP contribution is 2.35. The largest absolute Gasteiger partial charge is 0.493 e. The van der Waals surface area contributed by atoms with E-state index >= 15 is 0 Å². The predicted molar refractivity (Wildman–Crippen MR) is 109 cm³/mol. The van der Waals surface area contributed by atoms with E-state index in [1.54, 1.807) is 0 Å². The van der Waals surface area contributed by atoms with E-state index in [0.717, 1.165) is 68.3 Å². The number of aryl methyl sites for hydroxylation is 2. The van der Waals surface area contributed by atoms with Crippen molar-refractivity contribution in [3.8, 4) is 5.75 Å². The Balaban J connectivity index is 1.30. The molecule has 0 atom stereocenters. The van der Waals surface area contributed by atoms with E-state index in [-0.39, 0.29) is 5.75 Å². The van der Waals surface area contributed by atoms with Crippen molar-refractivity contribution in [3.63, 3.8) is 0 Å². The molecule has 7 nitrogen and oxygen atoms in total. The van der Waals surface area contributed by atoms with Gasteiger partial charge in [-0.25, -0.2) is 15.0 Å². The Morgan fingerprint density at radius 1 is 1.10 bits per heavy atom. The number of piperazine rings is 1. The number of methoxy groups -OCH3 is 1. The average molecular weight is 431 g/mol. The minimum atomic E-state index is -4.44. The van der Waals surface area contributed by atoms with Gasteiger partial charge in [0.25, 0.3) is 0 Å². The topological polar surface area (TPSA) is 59.3 Å². The van der Waals surface area contributed by atoms with Gasteiger partial charge in [0.2, 0.25) is 0 Å². The van der Waals surface area contributed by atoms with E-state index in [4.69, 9.17) is 9.72 Å². The van der Waals surface area contributed by atoms with Crippen molar-refractivity contribution in [1.29, 1.82) is 0 Å². The fourth-order valence-corrected chi connectivity index (χ4v) is 4.46. The normalized spacial score (nSPS) is 17.4. The molecule has 0 bridgehead atoms. The van der Waals surface area contributed by atoms with E-state index in [1.807, 2.05) is 11.1 Å². The molecule has 3 aromatic heterocycles. The smallest absolute Gasteiger partial charge is 0.418 e. The molecule has 5 rings (SSSR count). The van der Waals surface area contributed by atoms with Gasteiger partial charge in [0.05, 0.1) is 24.7 Å². The number of nitrogens with zero attached hydrogens (tertiary/aromatic N) is 6. The molecule has 0 amide bonds. The molecule has 10 heteroatoms. The summed E-state index contributed by atoms with van der Waals surface area (Å²) < 4.78 is 46.4. The summed E-state index contributed by atoms with van der Waals surface area (Å²) in [5, 5.41) is 0. The van der Waals surface area contributed by atoms with Crippen molar-refractivity contribution in [1.82, 2.24) is 24.4 Å². The zero-order chi connectivity index (χ0) is 21.6. The van der Waals surface area contributed by atoms with Crippen molar-refractivity contribution in [2.75, 3.05) is 38.2 Å². The number of alkyl halides is 3. The fourth-order valence-electron chi connectivity index (χ4n) is 4.46. The second-order valence-corrected chi connectivity index (χ2v) is 7.94. The van der Waals surface area contributed by atoms with Gasteiger partial charge in [-0.2, -0.15) is 13.2 Å². The lowest BCUT2D eigenvalue weighted by Crippen LogP contribution is -2.46. The van der Waals surface area contributed by atoms with Crippen LogP contribution >= 0.6 is 0 Å². The van der Waals surface area contributed by atoms with E-state index in [2.05, 4.69) is 25.5 Å². The van der Waals surface area contributed by atoms with Crippen LogP contribution in [0.4, 0.5) is 19.0 Å². The first-order chi connectivity index (χ1) is 14.9. The zero-order valence-electron chi connectivity index (χ0n) is 17.2. The fraction of sp³-hybridized carbons (Fsp3) is 0.476. The number of aromatic nitrogens is 4. The highest BCUT2D eigenvalue weighted by molar-refractivity contribution is 5.76. The predicted octanol–water partition coefficient (Wildman–Crippen LogP) is 3.12. The molecule has 164 valence electrons. The molecule has 0 radical (unpaired) electrons. The quantitative estimate of drug-likeness (QED) is 0.633. The van der Waals surface area contributed by atoms with Crippen LogP contribution in [0.15, 0.2) is 24.5 Å². The molecule has 0 aliphatic carbocycles. The molecule has 0 unspecified atom stereocenters. The van der Waals surface area contributed by atoms with Crippen molar-refractivity contribution in [2.24, 2.45) is 0 Å². The number of rotatable bonds is 4. The Kier molecular flexibility index (Phi) is 4.96. The van der Waals surface area contributed by atoms with Crippen LogP contribution in [-0.4, -0.2) is 57.7 Å². The molecular formula is C21H23F3N6O. The van der Waals surface area contributed by atoms with Gasteiger partial charge in [0.15, 0.2) is 17.2 Å². The molecule has 2 aliphatic rings. The van der Waals surface area contributed by atoms with Crippen molar-refractivity contribution < 1.29 is 17.9 Å². The van der Waals surface area contributed by atoms with Crippen LogP contribution in [0.5, 0.6) is 5.75 Å². The third-order valence-corrected chi connectivity index (χ3v) is 6.05. The van der Waals surface area contributed by atoms with Crippen molar-refractivity contribution in [3.05, 3.63) is 41.5 Å². The van der Waals surface area contributed by atoms with Gasteiger partial charge in [-0.3, -0.25) is 4.90 Å². The Morgan fingerprint density at radius 2 is 1.90 bits per heavy atom. The monoisotopic (exact) mass is 431 g/mol. The number of pyridine rings is 2. The molecule has 0 saturated carbocycles. The first-order valence-corrected chi connectivity index (χ1v) is 10.4. The maximum Gasteiger partial charge on any atom is 0.418 e. The number of hydrogen-bond donors (Lipinski definition) is 0. The number of halogens is 3. The van der Waals surface area contributed by atoms with Gasteiger partial charge in [0, 0.05) is 45.1 Å². The standard InChI is InChI=1S/C21H23F3N6O/c1-31-16-11-15(21(22,23)24)12-26-20(16)29-9-7-28(8-10-29)13-17-27-19-18-14(4-5-25-19)3-2-6-30(17)18/h4-5,11-12H,2-3,6-10,13H2,1H3/i1-1. The molecule has 31 heavy (non-hydrogen) atoms.